The molecule has 1 amide bonds. The zero-order valence-corrected chi connectivity index (χ0v) is 7.64. The van der Waals surface area contributed by atoms with Crippen LogP contribution in [0.2, 0.25) is 0 Å². The molecule has 0 bridgehead atoms. The van der Waals surface area contributed by atoms with E-state index in [4.69, 9.17) is 5.73 Å². The van der Waals surface area contributed by atoms with Crippen LogP contribution in [0.5, 0.6) is 5.75 Å². The normalized spacial score (nSPS) is 10.1. The molecule has 6 nitrogen and oxygen atoms in total. The number of amides is 1. The highest BCUT2D eigenvalue weighted by Crippen LogP contribution is 2.22. The highest BCUT2D eigenvalue weighted by atomic mass is 16.3. The van der Waals surface area contributed by atoms with Crippen LogP contribution in [0.3, 0.4) is 0 Å². The Hall–Kier alpha value is -2.37. The summed E-state index contributed by atoms with van der Waals surface area (Å²) in [7, 11) is 0. The van der Waals surface area contributed by atoms with E-state index in [-0.39, 0.29) is 11.4 Å². The number of nitrogens with two attached hydrogens (primary N) is 1. The summed E-state index contributed by atoms with van der Waals surface area (Å²) in [6.45, 7) is 0. The second-order valence-corrected chi connectivity index (χ2v) is 2.94. The molecule has 0 unspecified atom stereocenters. The van der Waals surface area contributed by atoms with Crippen molar-refractivity contribution < 1.29 is 9.90 Å². The molecule has 76 valence electrons. The molecule has 0 fully saturated rings. The summed E-state index contributed by atoms with van der Waals surface area (Å²) >= 11 is 0. The second kappa shape index (κ2) is 3.41. The van der Waals surface area contributed by atoms with Gasteiger partial charge in [0.05, 0.1) is 0 Å². The van der Waals surface area contributed by atoms with Crippen molar-refractivity contribution in [2.75, 3.05) is 0 Å². The second-order valence-electron chi connectivity index (χ2n) is 2.94. The first-order chi connectivity index (χ1) is 7.18. The van der Waals surface area contributed by atoms with Crippen molar-refractivity contribution in [1.82, 2.24) is 15.4 Å². The first-order valence-corrected chi connectivity index (χ1v) is 4.18. The Morgan fingerprint density at radius 2 is 2.20 bits per heavy atom. The number of aromatic hydroxyl groups is 1. The molecule has 0 aliphatic heterocycles. The van der Waals surface area contributed by atoms with Crippen molar-refractivity contribution in [2.45, 2.75) is 0 Å². The molecule has 0 atom stereocenters. The maximum atomic E-state index is 11.0. The number of benzene rings is 1. The predicted octanol–water partition coefficient (Wildman–Crippen LogP) is 0.276. The summed E-state index contributed by atoms with van der Waals surface area (Å²) in [5, 5.41) is 19.0. The van der Waals surface area contributed by atoms with E-state index < -0.39 is 5.91 Å². The van der Waals surface area contributed by atoms with Gasteiger partial charge in [-0.2, -0.15) is 15.4 Å². The SMILES string of the molecule is NC(=O)c1n[nH]nc1-c1cccc(O)c1. The van der Waals surface area contributed by atoms with E-state index >= 15 is 0 Å². The summed E-state index contributed by atoms with van der Waals surface area (Å²) in [6.07, 6.45) is 0. The monoisotopic (exact) mass is 204 g/mol. The number of hydrogen-bond acceptors (Lipinski definition) is 4. The largest absolute Gasteiger partial charge is 0.508 e. The molecule has 0 aliphatic rings. The minimum atomic E-state index is -0.665. The fourth-order valence-electron chi connectivity index (χ4n) is 1.26. The molecule has 1 heterocycles. The van der Waals surface area contributed by atoms with E-state index in [9.17, 15) is 9.90 Å². The Morgan fingerprint density at radius 3 is 2.87 bits per heavy atom. The van der Waals surface area contributed by atoms with Crippen molar-refractivity contribution in [3.63, 3.8) is 0 Å². The third-order valence-corrected chi connectivity index (χ3v) is 1.90. The average molecular weight is 204 g/mol. The van der Waals surface area contributed by atoms with Gasteiger partial charge in [-0.1, -0.05) is 12.1 Å². The van der Waals surface area contributed by atoms with Gasteiger partial charge in [0.1, 0.15) is 11.4 Å². The number of carbonyl (C=O) groups is 1. The van der Waals surface area contributed by atoms with Gasteiger partial charge in [0.25, 0.3) is 5.91 Å². The van der Waals surface area contributed by atoms with E-state index in [1.54, 1.807) is 12.1 Å². The summed E-state index contributed by atoms with van der Waals surface area (Å²) < 4.78 is 0. The molecule has 0 aliphatic carbocycles. The Bertz CT molecular complexity index is 506. The van der Waals surface area contributed by atoms with Crippen molar-refractivity contribution in [2.24, 2.45) is 5.73 Å². The molecule has 4 N–H and O–H groups in total. The lowest BCUT2D eigenvalue weighted by atomic mass is 10.1. The van der Waals surface area contributed by atoms with Crippen LogP contribution in [-0.2, 0) is 0 Å². The van der Waals surface area contributed by atoms with Gasteiger partial charge >= 0.3 is 0 Å². The van der Waals surface area contributed by atoms with Crippen LogP contribution >= 0.6 is 0 Å². The molecule has 1 aromatic carbocycles. The van der Waals surface area contributed by atoms with Crippen molar-refractivity contribution in [3.05, 3.63) is 30.0 Å². The number of nitrogens with one attached hydrogen (secondary N) is 1. The van der Waals surface area contributed by atoms with Gasteiger partial charge in [0.2, 0.25) is 0 Å². The van der Waals surface area contributed by atoms with Gasteiger partial charge in [0.15, 0.2) is 5.69 Å². The van der Waals surface area contributed by atoms with Crippen molar-refractivity contribution in [1.29, 1.82) is 0 Å². The zero-order chi connectivity index (χ0) is 10.8. The fraction of sp³-hybridized carbons (Fsp3) is 0. The lowest BCUT2D eigenvalue weighted by Crippen LogP contribution is -2.12. The summed E-state index contributed by atoms with van der Waals surface area (Å²) in [6, 6.07) is 6.34. The first kappa shape index (κ1) is 9.20. The molecule has 2 rings (SSSR count). The van der Waals surface area contributed by atoms with Crippen LogP contribution in [0.4, 0.5) is 0 Å². The minimum absolute atomic E-state index is 0.0561. The molecule has 15 heavy (non-hydrogen) atoms. The number of primary amides is 1. The number of carbonyl (C=O) groups excluding carboxylic acids is 1. The molecular weight excluding hydrogens is 196 g/mol. The van der Waals surface area contributed by atoms with E-state index in [0.717, 1.165) is 0 Å². The number of aromatic amines is 1. The maximum absolute atomic E-state index is 11.0. The fourth-order valence-corrected chi connectivity index (χ4v) is 1.26. The van der Waals surface area contributed by atoms with Crippen LogP contribution in [-0.4, -0.2) is 26.4 Å². The Balaban J connectivity index is 2.54. The number of H-pyrrole nitrogens is 1. The van der Waals surface area contributed by atoms with Crippen LogP contribution in [0.1, 0.15) is 10.5 Å². The Labute approximate surface area is 84.7 Å². The van der Waals surface area contributed by atoms with E-state index in [0.29, 0.717) is 11.3 Å². The van der Waals surface area contributed by atoms with E-state index in [2.05, 4.69) is 15.4 Å². The molecule has 0 saturated carbocycles. The third kappa shape index (κ3) is 1.64. The lowest BCUT2D eigenvalue weighted by Gasteiger charge is -1.98. The molecule has 6 heteroatoms. The van der Waals surface area contributed by atoms with Crippen LogP contribution in [0, 0.1) is 0 Å². The highest BCUT2D eigenvalue weighted by molar-refractivity contribution is 5.96. The number of hydrogen-bond donors (Lipinski definition) is 3. The predicted molar refractivity (Wildman–Crippen MR) is 52.0 cm³/mol. The highest BCUT2D eigenvalue weighted by Gasteiger charge is 2.14. The molecule has 1 aromatic heterocycles. The number of phenols is 1. The van der Waals surface area contributed by atoms with E-state index in [1.807, 2.05) is 0 Å². The molecule has 2 aromatic rings. The zero-order valence-electron chi connectivity index (χ0n) is 7.64. The summed E-state index contributed by atoms with van der Waals surface area (Å²) in [5.41, 5.74) is 6.08. The van der Waals surface area contributed by atoms with Gasteiger partial charge < -0.3 is 10.8 Å². The summed E-state index contributed by atoms with van der Waals surface area (Å²) in [5.74, 6) is -0.576. The smallest absolute Gasteiger partial charge is 0.271 e. The number of aromatic nitrogens is 3. The van der Waals surface area contributed by atoms with E-state index in [1.165, 1.54) is 12.1 Å². The molecular formula is C9H8N4O2. The summed E-state index contributed by atoms with van der Waals surface area (Å²) in [4.78, 5) is 11.0. The first-order valence-electron chi connectivity index (χ1n) is 4.18. The van der Waals surface area contributed by atoms with Gasteiger partial charge in [-0.15, -0.1) is 0 Å². The maximum Gasteiger partial charge on any atom is 0.271 e. The van der Waals surface area contributed by atoms with Crippen LogP contribution in [0.15, 0.2) is 24.3 Å². The van der Waals surface area contributed by atoms with Crippen molar-refractivity contribution in [3.8, 4) is 17.0 Å². The quantitative estimate of drug-likeness (QED) is 0.653. The topological polar surface area (TPSA) is 105 Å². The van der Waals surface area contributed by atoms with Crippen LogP contribution in [0.25, 0.3) is 11.3 Å². The lowest BCUT2D eigenvalue weighted by molar-refractivity contribution is 0.0996. The molecule has 0 radical (unpaired) electrons. The minimum Gasteiger partial charge on any atom is -0.508 e. The van der Waals surface area contributed by atoms with Gasteiger partial charge in [-0.3, -0.25) is 4.79 Å². The van der Waals surface area contributed by atoms with Gasteiger partial charge in [0, 0.05) is 5.56 Å². The Kier molecular flexibility index (Phi) is 2.09. The Morgan fingerprint density at radius 1 is 1.40 bits per heavy atom. The molecule has 0 saturated heterocycles. The van der Waals surface area contributed by atoms with Crippen LogP contribution < -0.4 is 5.73 Å². The molecule has 0 spiro atoms. The number of rotatable bonds is 2. The third-order valence-electron chi connectivity index (χ3n) is 1.90. The number of phenolic OH excluding ortho intramolecular Hbond substituents is 1. The van der Waals surface area contributed by atoms with Gasteiger partial charge in [-0.25, -0.2) is 0 Å². The number of nitrogens with zero attached hydrogens (tertiary/aromatic N) is 2. The van der Waals surface area contributed by atoms with Gasteiger partial charge in [-0.05, 0) is 12.1 Å². The van der Waals surface area contributed by atoms with Crippen molar-refractivity contribution >= 4 is 5.91 Å². The average Bonchev–Trinajstić information content (AvgIpc) is 2.65. The standard InChI is InChI=1S/C9H8N4O2/c10-9(15)8-7(11-13-12-8)5-2-1-3-6(14)4-5/h1-4,14H,(H2,10,15)(H,11,12,13).